The van der Waals surface area contributed by atoms with Gasteiger partial charge in [0.15, 0.2) is 0 Å². The molecular weight excluding hydrogens is 480 g/mol. The van der Waals surface area contributed by atoms with Crippen molar-refractivity contribution in [1.29, 1.82) is 0 Å². The second-order valence-electron chi connectivity index (χ2n) is 7.20. The van der Waals surface area contributed by atoms with Gasteiger partial charge in [0.1, 0.15) is 6.61 Å². The summed E-state index contributed by atoms with van der Waals surface area (Å²) in [5, 5.41) is 0.430. The SMILES string of the molecule is Cc1c(Cl)cccc1S(=O)(=O)N1CCC(N2C(=O)OCc3cc(Br)ccc32)CC1. The van der Waals surface area contributed by atoms with Gasteiger partial charge in [-0.05, 0) is 55.7 Å². The number of piperidine rings is 1. The van der Waals surface area contributed by atoms with Crippen molar-refractivity contribution in [3.63, 3.8) is 0 Å². The van der Waals surface area contributed by atoms with Crippen molar-refractivity contribution in [2.24, 2.45) is 0 Å². The maximum atomic E-state index is 13.1. The van der Waals surface area contributed by atoms with E-state index in [2.05, 4.69) is 15.9 Å². The van der Waals surface area contributed by atoms with Gasteiger partial charge < -0.3 is 4.74 Å². The van der Waals surface area contributed by atoms with Crippen LogP contribution in [0.3, 0.4) is 0 Å². The van der Waals surface area contributed by atoms with E-state index >= 15 is 0 Å². The van der Waals surface area contributed by atoms with Gasteiger partial charge in [0.25, 0.3) is 0 Å². The third-order valence-electron chi connectivity index (χ3n) is 5.47. The molecule has 1 fully saturated rings. The van der Waals surface area contributed by atoms with E-state index in [0.29, 0.717) is 36.5 Å². The van der Waals surface area contributed by atoms with Gasteiger partial charge in [0.2, 0.25) is 10.0 Å². The molecule has 1 saturated heterocycles. The van der Waals surface area contributed by atoms with Crippen molar-refractivity contribution >= 4 is 49.3 Å². The smallest absolute Gasteiger partial charge is 0.414 e. The first-order valence-electron chi connectivity index (χ1n) is 9.28. The van der Waals surface area contributed by atoms with Gasteiger partial charge in [-0.25, -0.2) is 13.2 Å². The van der Waals surface area contributed by atoms with Crippen LogP contribution in [0.15, 0.2) is 45.8 Å². The Hall–Kier alpha value is -1.61. The first-order chi connectivity index (χ1) is 13.8. The number of cyclic esters (lactones) is 1. The number of benzene rings is 2. The molecule has 0 radical (unpaired) electrons. The molecule has 2 heterocycles. The topological polar surface area (TPSA) is 66.9 Å². The van der Waals surface area contributed by atoms with E-state index in [-0.39, 0.29) is 23.6 Å². The molecule has 2 aromatic rings. The van der Waals surface area contributed by atoms with Gasteiger partial charge >= 0.3 is 6.09 Å². The maximum Gasteiger partial charge on any atom is 0.414 e. The monoisotopic (exact) mass is 498 g/mol. The van der Waals surface area contributed by atoms with Crippen LogP contribution in [-0.4, -0.2) is 37.9 Å². The lowest BCUT2D eigenvalue weighted by molar-refractivity contribution is 0.135. The normalized spacial score (nSPS) is 18.4. The molecule has 6 nitrogen and oxygen atoms in total. The Labute approximate surface area is 183 Å². The number of carbonyl (C=O) groups is 1. The lowest BCUT2D eigenvalue weighted by Gasteiger charge is -2.39. The number of rotatable bonds is 3. The molecule has 154 valence electrons. The molecule has 0 atom stereocenters. The molecule has 0 unspecified atom stereocenters. The first kappa shape index (κ1) is 20.7. The molecule has 9 heteroatoms. The zero-order valence-corrected chi connectivity index (χ0v) is 18.9. The molecule has 29 heavy (non-hydrogen) atoms. The quantitative estimate of drug-likeness (QED) is 0.613. The molecule has 0 bridgehead atoms. The molecule has 1 amide bonds. The maximum absolute atomic E-state index is 13.1. The summed E-state index contributed by atoms with van der Waals surface area (Å²) in [6.45, 7) is 2.61. The summed E-state index contributed by atoms with van der Waals surface area (Å²) < 4.78 is 33.9. The Kier molecular flexibility index (Phi) is 5.63. The lowest BCUT2D eigenvalue weighted by Crippen LogP contribution is -2.50. The zero-order chi connectivity index (χ0) is 20.8. The van der Waals surface area contributed by atoms with Gasteiger partial charge in [0, 0.05) is 34.2 Å². The van der Waals surface area contributed by atoms with Crippen LogP contribution in [0.5, 0.6) is 0 Å². The second-order valence-corrected chi connectivity index (χ2v) is 10.4. The number of nitrogens with zero attached hydrogens (tertiary/aromatic N) is 2. The zero-order valence-electron chi connectivity index (χ0n) is 15.8. The van der Waals surface area contributed by atoms with Crippen LogP contribution in [0.2, 0.25) is 5.02 Å². The number of halogens is 2. The molecule has 0 N–H and O–H groups in total. The fourth-order valence-corrected chi connectivity index (χ4v) is 6.26. The minimum Gasteiger partial charge on any atom is -0.444 e. The number of sulfonamides is 1. The van der Waals surface area contributed by atoms with Crippen molar-refractivity contribution in [3.05, 3.63) is 57.0 Å². The summed E-state index contributed by atoms with van der Waals surface area (Å²) in [7, 11) is -3.64. The summed E-state index contributed by atoms with van der Waals surface area (Å²) in [6, 6.07) is 10.5. The molecule has 0 spiro atoms. The summed E-state index contributed by atoms with van der Waals surface area (Å²) in [5.41, 5.74) is 2.32. The van der Waals surface area contributed by atoms with Crippen LogP contribution in [0.1, 0.15) is 24.0 Å². The average molecular weight is 500 g/mol. The van der Waals surface area contributed by atoms with E-state index in [0.717, 1.165) is 15.7 Å². The standard InChI is InChI=1S/C20H20BrClN2O4S/c1-13-17(22)3-2-4-19(13)29(26,27)23-9-7-16(8-10-23)24-18-6-5-15(21)11-14(18)12-28-20(24)25/h2-6,11,16H,7-10,12H2,1H3. The molecule has 4 rings (SSSR count). The number of hydrogen-bond donors (Lipinski definition) is 0. The molecule has 2 aliphatic heterocycles. The fourth-order valence-electron chi connectivity index (χ4n) is 3.90. The van der Waals surface area contributed by atoms with E-state index in [1.165, 1.54) is 4.31 Å². The predicted octanol–water partition coefficient (Wildman–Crippen LogP) is 4.72. The molecule has 2 aromatic carbocycles. The third kappa shape index (κ3) is 3.79. The number of fused-ring (bicyclic) bond motifs is 1. The van der Waals surface area contributed by atoms with Crippen LogP contribution in [0.4, 0.5) is 10.5 Å². The number of anilines is 1. The van der Waals surface area contributed by atoms with E-state index in [1.54, 1.807) is 30.0 Å². The van der Waals surface area contributed by atoms with E-state index in [9.17, 15) is 13.2 Å². The van der Waals surface area contributed by atoms with Crippen LogP contribution in [-0.2, 0) is 21.4 Å². The summed E-state index contributed by atoms with van der Waals surface area (Å²) in [5.74, 6) is 0. The van der Waals surface area contributed by atoms with Crippen molar-refractivity contribution in [2.75, 3.05) is 18.0 Å². The van der Waals surface area contributed by atoms with Gasteiger partial charge in [-0.2, -0.15) is 4.31 Å². The molecule has 0 aliphatic carbocycles. The van der Waals surface area contributed by atoms with Gasteiger partial charge in [0.05, 0.1) is 10.6 Å². The van der Waals surface area contributed by atoms with Crippen molar-refractivity contribution in [1.82, 2.24) is 4.31 Å². The Bertz CT molecular complexity index is 1070. The summed E-state index contributed by atoms with van der Waals surface area (Å²) >= 11 is 9.56. The Morgan fingerprint density at radius 1 is 1.17 bits per heavy atom. The summed E-state index contributed by atoms with van der Waals surface area (Å²) in [6.07, 6.45) is 0.680. The van der Waals surface area contributed by atoms with E-state index in [1.807, 2.05) is 18.2 Å². The largest absolute Gasteiger partial charge is 0.444 e. The third-order valence-corrected chi connectivity index (χ3v) is 8.42. The van der Waals surface area contributed by atoms with Crippen molar-refractivity contribution < 1.29 is 17.9 Å². The van der Waals surface area contributed by atoms with E-state index < -0.39 is 10.0 Å². The van der Waals surface area contributed by atoms with E-state index in [4.69, 9.17) is 16.3 Å². The fraction of sp³-hybridized carbons (Fsp3) is 0.350. The molecular formula is C20H20BrClN2O4S. The first-order valence-corrected chi connectivity index (χ1v) is 11.9. The number of amides is 1. The van der Waals surface area contributed by atoms with Gasteiger partial charge in [-0.1, -0.05) is 33.6 Å². The highest BCUT2D eigenvalue weighted by Gasteiger charge is 2.37. The molecule has 0 saturated carbocycles. The number of carbonyl (C=O) groups excluding carboxylic acids is 1. The van der Waals surface area contributed by atoms with Crippen LogP contribution < -0.4 is 4.90 Å². The second kappa shape index (κ2) is 7.91. The average Bonchev–Trinajstić information content (AvgIpc) is 2.70. The minimum absolute atomic E-state index is 0.116. The lowest BCUT2D eigenvalue weighted by atomic mass is 10.0. The van der Waals surface area contributed by atoms with Gasteiger partial charge in [-0.3, -0.25) is 4.90 Å². The molecule has 2 aliphatic rings. The number of hydrogen-bond acceptors (Lipinski definition) is 4. The van der Waals surface area contributed by atoms with Gasteiger partial charge in [-0.15, -0.1) is 0 Å². The van der Waals surface area contributed by atoms with Crippen molar-refractivity contribution in [3.8, 4) is 0 Å². The van der Waals surface area contributed by atoms with Crippen LogP contribution in [0.25, 0.3) is 0 Å². The predicted molar refractivity (Wildman–Crippen MR) is 115 cm³/mol. The highest BCUT2D eigenvalue weighted by atomic mass is 79.9. The van der Waals surface area contributed by atoms with Crippen LogP contribution in [0, 0.1) is 6.92 Å². The highest BCUT2D eigenvalue weighted by molar-refractivity contribution is 9.10. The molecule has 0 aromatic heterocycles. The Morgan fingerprint density at radius 2 is 1.90 bits per heavy atom. The summed E-state index contributed by atoms with van der Waals surface area (Å²) in [4.78, 5) is 14.4. The van der Waals surface area contributed by atoms with Crippen molar-refractivity contribution in [2.45, 2.75) is 37.3 Å². The minimum atomic E-state index is -3.64. The Morgan fingerprint density at radius 3 is 2.62 bits per heavy atom. The Balaban J connectivity index is 1.54. The number of ether oxygens (including phenoxy) is 1. The highest BCUT2D eigenvalue weighted by Crippen LogP contribution is 2.35. The van der Waals surface area contributed by atoms with Crippen LogP contribution >= 0.6 is 27.5 Å².